The van der Waals surface area contributed by atoms with Gasteiger partial charge in [-0.05, 0) is 25.7 Å². The summed E-state index contributed by atoms with van der Waals surface area (Å²) in [5.74, 6) is 1.12. The summed E-state index contributed by atoms with van der Waals surface area (Å²) in [6.45, 7) is 3.61. The SMILES string of the molecule is CC(O)C1CCN(c2cnc(C(=N)N)cn2)CC1. The van der Waals surface area contributed by atoms with Gasteiger partial charge in [0.15, 0.2) is 0 Å². The Balaban J connectivity index is 1.99. The second-order valence-corrected chi connectivity index (χ2v) is 4.74. The molecule has 1 aliphatic rings. The van der Waals surface area contributed by atoms with E-state index in [1.54, 1.807) is 6.20 Å². The average molecular weight is 249 g/mol. The topological polar surface area (TPSA) is 99.1 Å². The number of hydrogen-bond donors (Lipinski definition) is 3. The lowest BCUT2D eigenvalue weighted by Crippen LogP contribution is -2.37. The fourth-order valence-corrected chi connectivity index (χ4v) is 2.23. The zero-order valence-corrected chi connectivity index (χ0v) is 10.5. The third-order valence-electron chi connectivity index (χ3n) is 3.46. The molecule has 2 heterocycles. The standard InChI is InChI=1S/C12H19N5O/c1-8(18)9-2-4-17(5-3-9)11-7-15-10(6-16-11)12(13)14/h6-9,18H,2-5H2,1H3,(H3,13,14). The van der Waals surface area contributed by atoms with Crippen LogP contribution in [0.4, 0.5) is 5.82 Å². The van der Waals surface area contributed by atoms with Crippen LogP contribution in [0.25, 0.3) is 0 Å². The number of rotatable bonds is 3. The van der Waals surface area contributed by atoms with Crippen molar-refractivity contribution in [3.8, 4) is 0 Å². The number of aliphatic hydroxyl groups excluding tert-OH is 1. The maximum atomic E-state index is 9.55. The third-order valence-corrected chi connectivity index (χ3v) is 3.46. The average Bonchev–Trinajstić information content (AvgIpc) is 2.39. The van der Waals surface area contributed by atoms with Gasteiger partial charge in [-0.2, -0.15) is 0 Å². The molecule has 6 nitrogen and oxygen atoms in total. The Morgan fingerprint density at radius 3 is 2.56 bits per heavy atom. The van der Waals surface area contributed by atoms with Crippen molar-refractivity contribution in [3.63, 3.8) is 0 Å². The number of nitrogens with two attached hydrogens (primary N) is 1. The number of aromatic nitrogens is 2. The van der Waals surface area contributed by atoms with E-state index in [0.29, 0.717) is 11.6 Å². The van der Waals surface area contributed by atoms with Gasteiger partial charge in [-0.25, -0.2) is 9.97 Å². The highest BCUT2D eigenvalue weighted by molar-refractivity contribution is 5.92. The van der Waals surface area contributed by atoms with Crippen molar-refractivity contribution < 1.29 is 5.11 Å². The molecule has 1 fully saturated rings. The van der Waals surface area contributed by atoms with Crippen LogP contribution in [0.2, 0.25) is 0 Å². The minimum Gasteiger partial charge on any atom is -0.393 e. The number of nitrogens with one attached hydrogen (secondary N) is 1. The molecule has 0 spiro atoms. The van der Waals surface area contributed by atoms with E-state index in [-0.39, 0.29) is 11.9 Å². The van der Waals surface area contributed by atoms with Crippen molar-refractivity contribution in [2.75, 3.05) is 18.0 Å². The molecule has 1 saturated heterocycles. The normalized spacial score (nSPS) is 18.7. The molecule has 1 atom stereocenters. The van der Waals surface area contributed by atoms with Gasteiger partial charge < -0.3 is 15.7 Å². The third kappa shape index (κ3) is 2.76. The molecular weight excluding hydrogens is 230 g/mol. The molecule has 4 N–H and O–H groups in total. The Kier molecular flexibility index (Phi) is 3.76. The van der Waals surface area contributed by atoms with Gasteiger partial charge in [0.05, 0.1) is 18.5 Å². The molecule has 2 rings (SSSR count). The lowest BCUT2D eigenvalue weighted by molar-refractivity contribution is 0.110. The van der Waals surface area contributed by atoms with E-state index in [4.69, 9.17) is 11.1 Å². The van der Waals surface area contributed by atoms with Gasteiger partial charge in [0.1, 0.15) is 17.3 Å². The molecule has 98 valence electrons. The molecule has 1 aromatic rings. The molecule has 1 unspecified atom stereocenters. The van der Waals surface area contributed by atoms with Gasteiger partial charge >= 0.3 is 0 Å². The van der Waals surface area contributed by atoms with E-state index in [1.807, 2.05) is 6.92 Å². The van der Waals surface area contributed by atoms with Crippen LogP contribution in [0.1, 0.15) is 25.5 Å². The number of nitrogens with zero attached hydrogens (tertiary/aromatic N) is 3. The van der Waals surface area contributed by atoms with E-state index in [0.717, 1.165) is 31.7 Å². The first-order valence-electron chi connectivity index (χ1n) is 6.17. The summed E-state index contributed by atoms with van der Waals surface area (Å²) in [6, 6.07) is 0. The summed E-state index contributed by atoms with van der Waals surface area (Å²) in [7, 11) is 0. The van der Waals surface area contributed by atoms with E-state index in [2.05, 4.69) is 14.9 Å². The summed E-state index contributed by atoms with van der Waals surface area (Å²) >= 11 is 0. The second kappa shape index (κ2) is 5.30. The van der Waals surface area contributed by atoms with Gasteiger partial charge in [0, 0.05) is 13.1 Å². The molecule has 0 radical (unpaired) electrons. The van der Waals surface area contributed by atoms with Gasteiger partial charge in [0.2, 0.25) is 0 Å². The number of anilines is 1. The van der Waals surface area contributed by atoms with Crippen molar-refractivity contribution in [3.05, 3.63) is 18.1 Å². The molecule has 6 heteroatoms. The molecule has 0 amide bonds. The molecule has 1 aromatic heterocycles. The number of aliphatic hydroxyl groups is 1. The summed E-state index contributed by atoms with van der Waals surface area (Å²) < 4.78 is 0. The fraction of sp³-hybridized carbons (Fsp3) is 0.583. The summed E-state index contributed by atoms with van der Waals surface area (Å²) in [5.41, 5.74) is 5.73. The van der Waals surface area contributed by atoms with E-state index in [9.17, 15) is 5.11 Å². The zero-order chi connectivity index (χ0) is 13.1. The molecule has 0 aliphatic carbocycles. The summed E-state index contributed by atoms with van der Waals surface area (Å²) in [4.78, 5) is 10.5. The van der Waals surface area contributed by atoms with E-state index >= 15 is 0 Å². The smallest absolute Gasteiger partial charge is 0.147 e. The maximum Gasteiger partial charge on any atom is 0.147 e. The van der Waals surface area contributed by atoms with Crippen LogP contribution >= 0.6 is 0 Å². The quantitative estimate of drug-likeness (QED) is 0.530. The van der Waals surface area contributed by atoms with Crippen molar-refractivity contribution in [1.82, 2.24) is 9.97 Å². The van der Waals surface area contributed by atoms with Crippen molar-refractivity contribution in [2.45, 2.75) is 25.9 Å². The highest BCUT2D eigenvalue weighted by atomic mass is 16.3. The lowest BCUT2D eigenvalue weighted by Gasteiger charge is -2.33. The first kappa shape index (κ1) is 12.8. The van der Waals surface area contributed by atoms with Crippen molar-refractivity contribution >= 4 is 11.7 Å². The van der Waals surface area contributed by atoms with Crippen LogP contribution in [-0.2, 0) is 0 Å². The fourth-order valence-electron chi connectivity index (χ4n) is 2.23. The summed E-state index contributed by atoms with van der Waals surface area (Å²) in [6.07, 6.45) is 4.87. The molecule has 0 aromatic carbocycles. The first-order valence-corrected chi connectivity index (χ1v) is 6.17. The Labute approximate surface area is 106 Å². The molecule has 18 heavy (non-hydrogen) atoms. The van der Waals surface area contributed by atoms with Crippen LogP contribution in [0.3, 0.4) is 0 Å². The Morgan fingerprint density at radius 2 is 2.11 bits per heavy atom. The maximum absolute atomic E-state index is 9.55. The van der Waals surface area contributed by atoms with Crippen molar-refractivity contribution in [1.29, 1.82) is 5.41 Å². The summed E-state index contributed by atoms with van der Waals surface area (Å²) in [5, 5.41) is 16.8. The van der Waals surface area contributed by atoms with Crippen LogP contribution in [0, 0.1) is 11.3 Å². The monoisotopic (exact) mass is 249 g/mol. The molecule has 0 saturated carbocycles. The molecular formula is C12H19N5O. The predicted octanol–water partition coefficient (Wildman–Crippen LogP) is 0.358. The van der Waals surface area contributed by atoms with Crippen LogP contribution in [-0.4, -0.2) is 40.1 Å². The zero-order valence-electron chi connectivity index (χ0n) is 10.5. The van der Waals surface area contributed by atoms with Gasteiger partial charge in [-0.3, -0.25) is 5.41 Å². The minimum atomic E-state index is -0.238. The highest BCUT2D eigenvalue weighted by Crippen LogP contribution is 2.23. The van der Waals surface area contributed by atoms with Crippen LogP contribution in [0.5, 0.6) is 0 Å². The molecule has 1 aliphatic heterocycles. The Morgan fingerprint density at radius 1 is 1.44 bits per heavy atom. The number of nitrogen functional groups attached to an aromatic ring is 1. The number of amidine groups is 1. The lowest BCUT2D eigenvalue weighted by atomic mass is 9.92. The van der Waals surface area contributed by atoms with Gasteiger partial charge in [0.25, 0.3) is 0 Å². The van der Waals surface area contributed by atoms with Gasteiger partial charge in [-0.15, -0.1) is 0 Å². The Hall–Kier alpha value is -1.69. The Bertz CT molecular complexity index is 409. The van der Waals surface area contributed by atoms with Crippen molar-refractivity contribution in [2.24, 2.45) is 11.7 Å². The predicted molar refractivity (Wildman–Crippen MR) is 69.7 cm³/mol. The number of piperidine rings is 1. The minimum absolute atomic E-state index is 0.0677. The molecule has 0 bridgehead atoms. The van der Waals surface area contributed by atoms with Crippen LogP contribution < -0.4 is 10.6 Å². The van der Waals surface area contributed by atoms with E-state index < -0.39 is 0 Å². The van der Waals surface area contributed by atoms with Crippen LogP contribution in [0.15, 0.2) is 12.4 Å². The van der Waals surface area contributed by atoms with Gasteiger partial charge in [-0.1, -0.05) is 0 Å². The first-order chi connectivity index (χ1) is 8.58. The number of hydrogen-bond acceptors (Lipinski definition) is 5. The highest BCUT2D eigenvalue weighted by Gasteiger charge is 2.23. The van der Waals surface area contributed by atoms with E-state index in [1.165, 1.54) is 6.20 Å². The largest absolute Gasteiger partial charge is 0.393 e. The second-order valence-electron chi connectivity index (χ2n) is 4.74.